The van der Waals surface area contributed by atoms with Crippen LogP contribution in [0.15, 0.2) is 18.2 Å². The summed E-state index contributed by atoms with van der Waals surface area (Å²) in [6.07, 6.45) is 0.125. The van der Waals surface area contributed by atoms with Crippen molar-refractivity contribution < 1.29 is 14.3 Å². The van der Waals surface area contributed by atoms with Crippen LogP contribution in [0.5, 0.6) is 0 Å². The van der Waals surface area contributed by atoms with E-state index in [2.05, 4.69) is 5.32 Å². The third-order valence-electron chi connectivity index (χ3n) is 1.78. The number of halogens is 2. The average Bonchev–Trinajstić information content (AvgIpc) is 2.20. The Morgan fingerprint density at radius 2 is 2.27 bits per heavy atom. The number of amides is 1. The Kier molecular flexibility index (Phi) is 4.52. The van der Waals surface area contributed by atoms with Crippen molar-refractivity contribution in [3.8, 4) is 0 Å². The van der Waals surface area contributed by atoms with Crippen molar-refractivity contribution in [2.24, 2.45) is 0 Å². The largest absolute Gasteiger partial charge is 0.395 e. The van der Waals surface area contributed by atoms with Gasteiger partial charge >= 0.3 is 0 Å². The average molecular weight is 232 g/mol. The van der Waals surface area contributed by atoms with Gasteiger partial charge in [-0.1, -0.05) is 17.7 Å². The molecule has 0 saturated heterocycles. The van der Waals surface area contributed by atoms with Gasteiger partial charge in [-0.05, 0) is 17.7 Å². The zero-order valence-corrected chi connectivity index (χ0v) is 8.72. The first-order valence-electron chi connectivity index (χ1n) is 4.45. The second kappa shape index (κ2) is 5.68. The van der Waals surface area contributed by atoms with Gasteiger partial charge in [0.15, 0.2) is 0 Å². The summed E-state index contributed by atoms with van der Waals surface area (Å²) in [7, 11) is 0. The van der Waals surface area contributed by atoms with E-state index in [1.165, 1.54) is 18.2 Å². The summed E-state index contributed by atoms with van der Waals surface area (Å²) in [6.45, 7) is 0.115. The lowest BCUT2D eigenvalue weighted by atomic mass is 10.1. The van der Waals surface area contributed by atoms with Gasteiger partial charge in [-0.25, -0.2) is 4.39 Å². The fourth-order valence-electron chi connectivity index (χ4n) is 1.09. The predicted molar refractivity (Wildman–Crippen MR) is 55.2 cm³/mol. The number of carbonyl (C=O) groups is 1. The van der Waals surface area contributed by atoms with Gasteiger partial charge in [-0.3, -0.25) is 4.79 Å². The zero-order valence-electron chi connectivity index (χ0n) is 7.96. The summed E-state index contributed by atoms with van der Waals surface area (Å²) in [5.41, 5.74) is 0.636. The molecule has 5 heteroatoms. The topological polar surface area (TPSA) is 49.3 Å². The van der Waals surface area contributed by atoms with E-state index in [4.69, 9.17) is 16.7 Å². The van der Waals surface area contributed by atoms with E-state index in [9.17, 15) is 9.18 Å². The first-order valence-corrected chi connectivity index (χ1v) is 4.82. The quantitative estimate of drug-likeness (QED) is 0.816. The fraction of sp³-hybridized carbons (Fsp3) is 0.300. The summed E-state index contributed by atoms with van der Waals surface area (Å²) < 4.78 is 12.8. The molecule has 0 spiro atoms. The van der Waals surface area contributed by atoms with Crippen LogP contribution in [0.2, 0.25) is 5.02 Å². The molecule has 2 N–H and O–H groups in total. The second-order valence-corrected chi connectivity index (χ2v) is 3.41. The van der Waals surface area contributed by atoms with Gasteiger partial charge in [-0.15, -0.1) is 0 Å². The molecule has 82 valence electrons. The first kappa shape index (κ1) is 11.9. The Balaban J connectivity index is 2.57. The Morgan fingerprint density at radius 3 is 2.87 bits per heavy atom. The van der Waals surface area contributed by atoms with Crippen molar-refractivity contribution in [2.45, 2.75) is 6.42 Å². The monoisotopic (exact) mass is 231 g/mol. The number of aliphatic hydroxyl groups is 1. The van der Waals surface area contributed by atoms with Crippen molar-refractivity contribution in [3.05, 3.63) is 34.6 Å². The van der Waals surface area contributed by atoms with Gasteiger partial charge < -0.3 is 10.4 Å². The van der Waals surface area contributed by atoms with Crippen LogP contribution in [0.1, 0.15) is 5.56 Å². The molecule has 1 rings (SSSR count). The summed E-state index contributed by atoms with van der Waals surface area (Å²) in [5.74, 6) is -0.733. The first-order chi connectivity index (χ1) is 7.13. The Bertz CT molecular complexity index is 357. The number of rotatable bonds is 4. The molecule has 1 amide bonds. The molecule has 0 saturated carbocycles. The van der Waals surface area contributed by atoms with Crippen LogP contribution >= 0.6 is 11.6 Å². The minimum Gasteiger partial charge on any atom is -0.395 e. The van der Waals surface area contributed by atoms with E-state index in [0.29, 0.717) is 5.56 Å². The van der Waals surface area contributed by atoms with Gasteiger partial charge in [0.05, 0.1) is 18.1 Å². The molecule has 0 atom stereocenters. The van der Waals surface area contributed by atoms with Crippen LogP contribution in [0.4, 0.5) is 4.39 Å². The van der Waals surface area contributed by atoms with E-state index < -0.39 is 5.82 Å². The molecule has 0 aliphatic carbocycles. The van der Waals surface area contributed by atoms with Crippen molar-refractivity contribution in [3.63, 3.8) is 0 Å². The fourth-order valence-corrected chi connectivity index (χ4v) is 1.30. The third kappa shape index (κ3) is 3.85. The summed E-state index contributed by atoms with van der Waals surface area (Å²) in [4.78, 5) is 11.2. The normalized spacial score (nSPS) is 10.1. The summed E-state index contributed by atoms with van der Waals surface area (Å²) in [5, 5.41) is 11.0. The SMILES string of the molecule is O=C(Cc1ccc(F)c(Cl)c1)NCCO. The number of carbonyl (C=O) groups excluding carboxylic acids is 1. The lowest BCUT2D eigenvalue weighted by Gasteiger charge is -2.03. The molecular weight excluding hydrogens is 221 g/mol. The van der Waals surface area contributed by atoms with Crippen LogP contribution < -0.4 is 5.32 Å². The lowest BCUT2D eigenvalue weighted by Crippen LogP contribution is -2.27. The molecular formula is C10H11ClFNO2. The maximum absolute atomic E-state index is 12.8. The Hall–Kier alpha value is -1.13. The number of hydrogen-bond donors (Lipinski definition) is 2. The molecule has 0 aliphatic rings. The number of benzene rings is 1. The van der Waals surface area contributed by atoms with E-state index in [1.807, 2.05) is 0 Å². The standard InChI is InChI=1S/C10H11ClFNO2/c11-8-5-7(1-2-9(8)12)6-10(15)13-3-4-14/h1-2,5,14H,3-4,6H2,(H,13,15). The zero-order chi connectivity index (χ0) is 11.3. The third-order valence-corrected chi connectivity index (χ3v) is 2.07. The van der Waals surface area contributed by atoms with Crippen molar-refractivity contribution in [1.82, 2.24) is 5.32 Å². The van der Waals surface area contributed by atoms with Crippen LogP contribution in [0, 0.1) is 5.82 Å². The summed E-state index contributed by atoms with van der Waals surface area (Å²) in [6, 6.07) is 4.13. The number of aliphatic hydroxyl groups excluding tert-OH is 1. The van der Waals surface area contributed by atoms with E-state index in [-0.39, 0.29) is 30.5 Å². The van der Waals surface area contributed by atoms with Gasteiger partial charge in [0.2, 0.25) is 5.91 Å². The minimum atomic E-state index is -0.504. The van der Waals surface area contributed by atoms with E-state index in [1.54, 1.807) is 0 Å². The molecule has 0 radical (unpaired) electrons. The molecule has 0 aliphatic heterocycles. The molecule has 3 nitrogen and oxygen atoms in total. The molecule has 1 aromatic rings. The van der Waals surface area contributed by atoms with E-state index in [0.717, 1.165) is 0 Å². The molecule has 0 unspecified atom stereocenters. The maximum Gasteiger partial charge on any atom is 0.224 e. The number of hydrogen-bond acceptors (Lipinski definition) is 2. The molecule has 1 aromatic carbocycles. The molecule has 15 heavy (non-hydrogen) atoms. The highest BCUT2D eigenvalue weighted by molar-refractivity contribution is 6.30. The van der Waals surface area contributed by atoms with Gasteiger partial charge in [0, 0.05) is 6.54 Å². The molecule has 0 fully saturated rings. The van der Waals surface area contributed by atoms with Crippen LogP contribution in [-0.4, -0.2) is 24.2 Å². The lowest BCUT2D eigenvalue weighted by molar-refractivity contribution is -0.120. The molecule has 0 bridgehead atoms. The van der Waals surface area contributed by atoms with Crippen molar-refractivity contribution >= 4 is 17.5 Å². The van der Waals surface area contributed by atoms with Crippen molar-refractivity contribution in [1.29, 1.82) is 0 Å². The van der Waals surface area contributed by atoms with Crippen LogP contribution in [0.3, 0.4) is 0 Å². The summed E-state index contributed by atoms with van der Waals surface area (Å²) >= 11 is 5.55. The van der Waals surface area contributed by atoms with Crippen LogP contribution in [-0.2, 0) is 11.2 Å². The van der Waals surface area contributed by atoms with Crippen LogP contribution in [0.25, 0.3) is 0 Å². The van der Waals surface area contributed by atoms with E-state index >= 15 is 0 Å². The molecule has 0 heterocycles. The highest BCUT2D eigenvalue weighted by Crippen LogP contribution is 2.16. The van der Waals surface area contributed by atoms with Gasteiger partial charge in [0.25, 0.3) is 0 Å². The van der Waals surface area contributed by atoms with Gasteiger partial charge in [-0.2, -0.15) is 0 Å². The van der Waals surface area contributed by atoms with Gasteiger partial charge in [0.1, 0.15) is 5.82 Å². The highest BCUT2D eigenvalue weighted by atomic mass is 35.5. The maximum atomic E-state index is 12.8. The molecule has 0 aromatic heterocycles. The Labute approximate surface area is 91.9 Å². The highest BCUT2D eigenvalue weighted by Gasteiger charge is 2.05. The Morgan fingerprint density at radius 1 is 1.53 bits per heavy atom. The smallest absolute Gasteiger partial charge is 0.224 e. The second-order valence-electron chi connectivity index (χ2n) is 3.00. The number of nitrogens with one attached hydrogen (secondary N) is 1. The predicted octanol–water partition coefficient (Wildman–Crippen LogP) is 1.13. The van der Waals surface area contributed by atoms with Crippen molar-refractivity contribution in [2.75, 3.05) is 13.2 Å². The minimum absolute atomic E-state index is 0.00228.